The van der Waals surface area contributed by atoms with Gasteiger partial charge >= 0.3 is 0 Å². The molecule has 1 saturated heterocycles. The summed E-state index contributed by atoms with van der Waals surface area (Å²) in [5.41, 5.74) is 1.00. The van der Waals surface area contributed by atoms with Crippen LogP contribution in [-0.4, -0.2) is 17.5 Å². The summed E-state index contributed by atoms with van der Waals surface area (Å²) in [4.78, 5) is 13.3. The summed E-state index contributed by atoms with van der Waals surface area (Å²) >= 11 is 0. The molecule has 0 aromatic heterocycles. The Balaban J connectivity index is 2.20. The molecular formula is C9H9NOS2. The predicted octanol–water partition coefficient (Wildman–Crippen LogP) is 2.37. The molecule has 2 nitrogen and oxygen atoms in total. The number of rotatable bonds is 1. The normalized spacial score (nSPS) is 17.5. The molecule has 68 valence electrons. The van der Waals surface area contributed by atoms with E-state index in [1.54, 1.807) is 21.6 Å². The lowest BCUT2D eigenvalue weighted by molar-refractivity contribution is -0.116. The molecule has 1 fully saturated rings. The van der Waals surface area contributed by atoms with Crippen LogP contribution in [0.3, 0.4) is 0 Å². The number of carbonyl (C=O) groups is 1. The van der Waals surface area contributed by atoms with E-state index in [1.165, 1.54) is 0 Å². The van der Waals surface area contributed by atoms with E-state index in [9.17, 15) is 4.79 Å². The van der Waals surface area contributed by atoms with E-state index in [0.29, 0.717) is 5.75 Å². The summed E-state index contributed by atoms with van der Waals surface area (Å²) in [7, 11) is 3.35. The molecule has 0 saturated carbocycles. The van der Waals surface area contributed by atoms with Crippen molar-refractivity contribution in [3.8, 4) is 0 Å². The van der Waals surface area contributed by atoms with Crippen LogP contribution in [0.5, 0.6) is 0 Å². The maximum atomic E-state index is 11.5. The van der Waals surface area contributed by atoms with Crippen molar-refractivity contribution in [2.24, 2.45) is 0 Å². The Morgan fingerprint density at radius 3 is 2.62 bits per heavy atom. The molecule has 1 heterocycles. The van der Waals surface area contributed by atoms with Gasteiger partial charge in [0.15, 0.2) is 0 Å². The first-order chi connectivity index (χ1) is 6.38. The van der Waals surface area contributed by atoms with Gasteiger partial charge in [0.2, 0.25) is 5.91 Å². The third-order valence-electron chi connectivity index (χ3n) is 1.82. The molecule has 0 unspecified atom stereocenters. The summed E-state index contributed by atoms with van der Waals surface area (Å²) in [5.74, 6) is 1.54. The van der Waals surface area contributed by atoms with Gasteiger partial charge < -0.3 is 4.90 Å². The van der Waals surface area contributed by atoms with Gasteiger partial charge in [0.25, 0.3) is 0 Å². The number of nitrogens with zero attached hydrogens (tertiary/aromatic N) is 1. The van der Waals surface area contributed by atoms with E-state index in [0.717, 1.165) is 11.6 Å². The van der Waals surface area contributed by atoms with Gasteiger partial charge in [-0.15, -0.1) is 0 Å². The van der Waals surface area contributed by atoms with Crippen LogP contribution in [-0.2, 0) is 4.79 Å². The standard InChI is InChI=1S/C9H9NOS2/c11-9-6-12-13-7-10(9)8-4-2-1-3-5-8/h1-5H,6-7H2. The van der Waals surface area contributed by atoms with Crippen LogP contribution in [0.1, 0.15) is 0 Å². The lowest BCUT2D eigenvalue weighted by Gasteiger charge is -2.25. The zero-order chi connectivity index (χ0) is 9.10. The second-order valence-electron chi connectivity index (χ2n) is 2.67. The Morgan fingerprint density at radius 1 is 1.15 bits per heavy atom. The SMILES string of the molecule is O=C1CSSCN1c1ccccc1. The highest BCUT2D eigenvalue weighted by molar-refractivity contribution is 8.77. The Morgan fingerprint density at radius 2 is 1.92 bits per heavy atom. The summed E-state index contributed by atoms with van der Waals surface area (Å²) in [6, 6.07) is 9.80. The quantitative estimate of drug-likeness (QED) is 0.665. The van der Waals surface area contributed by atoms with Gasteiger partial charge in [-0.25, -0.2) is 0 Å². The van der Waals surface area contributed by atoms with Crippen molar-refractivity contribution in [1.82, 2.24) is 0 Å². The smallest absolute Gasteiger partial charge is 0.238 e. The highest BCUT2D eigenvalue weighted by Gasteiger charge is 2.19. The second kappa shape index (κ2) is 4.07. The summed E-state index contributed by atoms with van der Waals surface area (Å²) < 4.78 is 0. The fraction of sp³-hybridized carbons (Fsp3) is 0.222. The second-order valence-corrected chi connectivity index (χ2v) is 5.10. The van der Waals surface area contributed by atoms with Crippen molar-refractivity contribution < 1.29 is 4.79 Å². The van der Waals surface area contributed by atoms with Gasteiger partial charge in [-0.1, -0.05) is 39.8 Å². The summed E-state index contributed by atoms with van der Waals surface area (Å²) in [5, 5.41) is 0. The Hall–Kier alpha value is -0.610. The molecule has 0 atom stereocenters. The zero-order valence-electron chi connectivity index (χ0n) is 6.97. The minimum atomic E-state index is 0.204. The van der Waals surface area contributed by atoms with E-state index in [-0.39, 0.29) is 5.91 Å². The van der Waals surface area contributed by atoms with Gasteiger partial charge in [0, 0.05) is 5.69 Å². The first-order valence-electron chi connectivity index (χ1n) is 3.98. The molecule has 1 aliphatic rings. The molecule has 1 aromatic carbocycles. The summed E-state index contributed by atoms with van der Waals surface area (Å²) in [6.45, 7) is 0. The fourth-order valence-electron chi connectivity index (χ4n) is 1.16. The van der Waals surface area contributed by atoms with Gasteiger partial charge in [0.1, 0.15) is 0 Å². The van der Waals surface area contributed by atoms with E-state index >= 15 is 0 Å². The van der Waals surface area contributed by atoms with Crippen molar-refractivity contribution in [2.45, 2.75) is 0 Å². The van der Waals surface area contributed by atoms with Crippen molar-refractivity contribution >= 4 is 33.2 Å². The molecule has 1 aliphatic heterocycles. The van der Waals surface area contributed by atoms with E-state index in [1.807, 2.05) is 35.2 Å². The predicted molar refractivity (Wildman–Crippen MR) is 58.8 cm³/mol. The molecule has 0 spiro atoms. The van der Waals surface area contributed by atoms with Crippen LogP contribution in [0.2, 0.25) is 0 Å². The van der Waals surface area contributed by atoms with Gasteiger partial charge in [0.05, 0.1) is 11.6 Å². The Bertz CT molecular complexity index is 302. The van der Waals surface area contributed by atoms with Gasteiger partial charge in [-0.2, -0.15) is 0 Å². The highest BCUT2D eigenvalue weighted by atomic mass is 33.1. The minimum absolute atomic E-state index is 0.204. The molecule has 0 aliphatic carbocycles. The van der Waals surface area contributed by atoms with Crippen molar-refractivity contribution in [2.75, 3.05) is 16.5 Å². The highest BCUT2D eigenvalue weighted by Crippen LogP contribution is 2.30. The molecule has 1 aromatic rings. The number of hydrogen-bond acceptors (Lipinski definition) is 3. The van der Waals surface area contributed by atoms with Crippen LogP contribution in [0.4, 0.5) is 5.69 Å². The molecular weight excluding hydrogens is 202 g/mol. The van der Waals surface area contributed by atoms with Crippen LogP contribution in [0.25, 0.3) is 0 Å². The Labute approximate surface area is 85.1 Å². The number of carbonyl (C=O) groups excluding carboxylic acids is 1. The van der Waals surface area contributed by atoms with E-state index in [2.05, 4.69) is 0 Å². The molecule has 0 radical (unpaired) electrons. The molecule has 0 bridgehead atoms. The lowest BCUT2D eigenvalue weighted by Crippen LogP contribution is -2.34. The first-order valence-corrected chi connectivity index (χ1v) is 6.46. The number of para-hydroxylation sites is 1. The van der Waals surface area contributed by atoms with E-state index in [4.69, 9.17) is 0 Å². The first kappa shape index (κ1) is 8.97. The topological polar surface area (TPSA) is 20.3 Å². The van der Waals surface area contributed by atoms with Crippen LogP contribution in [0.15, 0.2) is 30.3 Å². The third kappa shape index (κ3) is 2.00. The monoisotopic (exact) mass is 211 g/mol. The third-order valence-corrected chi connectivity index (χ3v) is 3.88. The average molecular weight is 211 g/mol. The zero-order valence-corrected chi connectivity index (χ0v) is 8.61. The maximum Gasteiger partial charge on any atom is 0.238 e. The molecule has 2 rings (SSSR count). The Kier molecular flexibility index (Phi) is 2.80. The number of hydrogen-bond donors (Lipinski definition) is 0. The van der Waals surface area contributed by atoms with Gasteiger partial charge in [-0.3, -0.25) is 4.79 Å². The number of amides is 1. The molecule has 13 heavy (non-hydrogen) atoms. The number of anilines is 1. The lowest BCUT2D eigenvalue weighted by atomic mass is 10.3. The van der Waals surface area contributed by atoms with E-state index < -0.39 is 0 Å². The summed E-state index contributed by atoms with van der Waals surface area (Å²) in [6.07, 6.45) is 0. The maximum absolute atomic E-state index is 11.5. The van der Waals surface area contributed by atoms with Crippen molar-refractivity contribution in [3.63, 3.8) is 0 Å². The van der Waals surface area contributed by atoms with Crippen LogP contribution < -0.4 is 4.90 Å². The molecule has 4 heteroatoms. The molecule has 0 N–H and O–H groups in total. The van der Waals surface area contributed by atoms with Crippen molar-refractivity contribution in [1.29, 1.82) is 0 Å². The molecule has 1 amide bonds. The van der Waals surface area contributed by atoms with Crippen molar-refractivity contribution in [3.05, 3.63) is 30.3 Å². The van der Waals surface area contributed by atoms with Crippen LogP contribution in [0, 0.1) is 0 Å². The largest absolute Gasteiger partial charge is 0.301 e. The number of benzene rings is 1. The minimum Gasteiger partial charge on any atom is -0.301 e. The van der Waals surface area contributed by atoms with Gasteiger partial charge in [-0.05, 0) is 12.1 Å². The fourth-order valence-corrected chi connectivity index (χ4v) is 3.06. The average Bonchev–Trinajstić information content (AvgIpc) is 2.20. The van der Waals surface area contributed by atoms with Crippen LogP contribution >= 0.6 is 21.6 Å².